The van der Waals surface area contributed by atoms with Crippen LogP contribution in [0.5, 0.6) is 0 Å². The molecular formula is C12H18N2O3S. The van der Waals surface area contributed by atoms with E-state index >= 15 is 0 Å². The van der Waals surface area contributed by atoms with Crippen molar-refractivity contribution in [2.24, 2.45) is 5.92 Å². The molecule has 0 aliphatic heterocycles. The van der Waals surface area contributed by atoms with E-state index < -0.39 is 5.97 Å². The Morgan fingerprint density at radius 2 is 2.17 bits per heavy atom. The molecule has 0 aromatic carbocycles. The van der Waals surface area contributed by atoms with Crippen LogP contribution in [-0.2, 0) is 16.1 Å². The fourth-order valence-electron chi connectivity index (χ4n) is 1.62. The Morgan fingerprint density at radius 1 is 1.50 bits per heavy atom. The van der Waals surface area contributed by atoms with Gasteiger partial charge in [-0.2, -0.15) is 0 Å². The van der Waals surface area contributed by atoms with Gasteiger partial charge in [-0.25, -0.2) is 4.98 Å². The molecule has 1 heterocycles. The molecule has 0 aliphatic rings. The Hall–Kier alpha value is -1.43. The zero-order valence-electron chi connectivity index (χ0n) is 10.8. The predicted molar refractivity (Wildman–Crippen MR) is 69.4 cm³/mol. The van der Waals surface area contributed by atoms with Gasteiger partial charge in [0.2, 0.25) is 5.91 Å². The summed E-state index contributed by atoms with van der Waals surface area (Å²) in [5.41, 5.74) is 0. The number of rotatable bonds is 6. The van der Waals surface area contributed by atoms with E-state index in [2.05, 4.69) is 4.98 Å². The smallest absolute Gasteiger partial charge is 0.303 e. The van der Waals surface area contributed by atoms with E-state index in [4.69, 9.17) is 5.11 Å². The van der Waals surface area contributed by atoms with Gasteiger partial charge >= 0.3 is 5.97 Å². The summed E-state index contributed by atoms with van der Waals surface area (Å²) in [5.74, 6) is -1.04. The van der Waals surface area contributed by atoms with Gasteiger partial charge in [-0.15, -0.1) is 11.3 Å². The van der Waals surface area contributed by atoms with Crippen LogP contribution in [0.1, 0.15) is 29.7 Å². The first-order chi connectivity index (χ1) is 8.38. The minimum Gasteiger partial charge on any atom is -0.481 e. The topological polar surface area (TPSA) is 70.5 Å². The van der Waals surface area contributed by atoms with Crippen LogP contribution in [0.3, 0.4) is 0 Å². The minimum absolute atomic E-state index is 0.0270. The van der Waals surface area contributed by atoms with E-state index in [0.717, 1.165) is 9.88 Å². The number of hydrogen-bond donors (Lipinski definition) is 1. The van der Waals surface area contributed by atoms with Crippen molar-refractivity contribution in [3.8, 4) is 0 Å². The van der Waals surface area contributed by atoms with Gasteiger partial charge in [0, 0.05) is 31.0 Å². The SMILES string of the molecule is Cc1ncc(CN(C)C(=O)CC(C)CC(=O)O)s1. The molecule has 100 valence electrons. The fraction of sp³-hybridized carbons (Fsp3) is 0.583. The molecular weight excluding hydrogens is 252 g/mol. The normalized spacial score (nSPS) is 12.2. The van der Waals surface area contributed by atoms with E-state index in [9.17, 15) is 9.59 Å². The molecule has 0 spiro atoms. The van der Waals surface area contributed by atoms with Crippen LogP contribution in [0.25, 0.3) is 0 Å². The molecule has 1 aromatic rings. The first-order valence-electron chi connectivity index (χ1n) is 5.75. The second-order valence-electron chi connectivity index (χ2n) is 4.50. The number of carbonyl (C=O) groups excluding carboxylic acids is 1. The Kier molecular flexibility index (Phi) is 5.27. The van der Waals surface area contributed by atoms with E-state index in [1.54, 1.807) is 36.4 Å². The van der Waals surface area contributed by atoms with E-state index in [-0.39, 0.29) is 24.7 Å². The number of aromatic nitrogens is 1. The van der Waals surface area contributed by atoms with Crippen molar-refractivity contribution in [2.45, 2.75) is 33.2 Å². The average molecular weight is 270 g/mol. The molecule has 5 nitrogen and oxygen atoms in total. The van der Waals surface area contributed by atoms with Crippen molar-refractivity contribution in [1.29, 1.82) is 0 Å². The molecule has 0 aliphatic carbocycles. The number of amides is 1. The summed E-state index contributed by atoms with van der Waals surface area (Å²) in [6, 6.07) is 0. The standard InChI is InChI=1S/C12H18N2O3S/c1-8(5-12(16)17)4-11(15)14(3)7-10-6-13-9(2)18-10/h6,8H,4-5,7H2,1-3H3,(H,16,17). The molecule has 0 radical (unpaired) electrons. The number of nitrogens with zero attached hydrogens (tertiary/aromatic N) is 2. The maximum absolute atomic E-state index is 11.9. The van der Waals surface area contributed by atoms with Crippen LogP contribution in [0.4, 0.5) is 0 Å². The van der Waals surface area contributed by atoms with Crippen molar-refractivity contribution < 1.29 is 14.7 Å². The predicted octanol–water partition coefficient (Wildman–Crippen LogP) is 1.91. The molecule has 1 rings (SSSR count). The van der Waals surface area contributed by atoms with Gasteiger partial charge in [-0.3, -0.25) is 9.59 Å². The molecule has 0 saturated carbocycles. The van der Waals surface area contributed by atoms with E-state index in [1.165, 1.54) is 0 Å². The minimum atomic E-state index is -0.865. The second kappa shape index (κ2) is 6.49. The highest BCUT2D eigenvalue weighted by molar-refractivity contribution is 7.11. The van der Waals surface area contributed by atoms with Crippen LogP contribution in [0.2, 0.25) is 0 Å². The molecule has 1 amide bonds. The van der Waals surface area contributed by atoms with Crippen molar-refractivity contribution in [1.82, 2.24) is 9.88 Å². The van der Waals surface area contributed by atoms with Gasteiger partial charge in [0.1, 0.15) is 0 Å². The zero-order chi connectivity index (χ0) is 13.7. The number of aliphatic carboxylic acids is 1. The summed E-state index contributed by atoms with van der Waals surface area (Å²) in [4.78, 5) is 29.2. The maximum atomic E-state index is 11.9. The van der Waals surface area contributed by atoms with Crippen LogP contribution < -0.4 is 0 Å². The van der Waals surface area contributed by atoms with Gasteiger partial charge < -0.3 is 10.0 Å². The molecule has 0 saturated heterocycles. The maximum Gasteiger partial charge on any atom is 0.303 e. The number of aryl methyl sites for hydroxylation is 1. The molecule has 6 heteroatoms. The Morgan fingerprint density at radius 3 is 2.67 bits per heavy atom. The lowest BCUT2D eigenvalue weighted by molar-refractivity contribution is -0.138. The number of thiazole rings is 1. The lowest BCUT2D eigenvalue weighted by Gasteiger charge is -2.18. The lowest BCUT2D eigenvalue weighted by atomic mass is 10.0. The molecule has 1 N–H and O–H groups in total. The highest BCUT2D eigenvalue weighted by Crippen LogP contribution is 2.15. The second-order valence-corrected chi connectivity index (χ2v) is 5.82. The monoisotopic (exact) mass is 270 g/mol. The third-order valence-corrected chi connectivity index (χ3v) is 3.43. The Bertz CT molecular complexity index is 431. The molecule has 0 fully saturated rings. The van der Waals surface area contributed by atoms with Crippen molar-refractivity contribution in [3.63, 3.8) is 0 Å². The van der Waals surface area contributed by atoms with Gasteiger partial charge in [0.25, 0.3) is 0 Å². The highest BCUT2D eigenvalue weighted by Gasteiger charge is 2.16. The first-order valence-corrected chi connectivity index (χ1v) is 6.57. The van der Waals surface area contributed by atoms with Gasteiger partial charge in [-0.1, -0.05) is 6.92 Å². The summed E-state index contributed by atoms with van der Waals surface area (Å²) in [6.07, 6.45) is 2.06. The largest absolute Gasteiger partial charge is 0.481 e. The zero-order valence-corrected chi connectivity index (χ0v) is 11.7. The molecule has 0 bridgehead atoms. The Balaban J connectivity index is 2.44. The van der Waals surface area contributed by atoms with Crippen molar-refractivity contribution in [3.05, 3.63) is 16.1 Å². The van der Waals surface area contributed by atoms with Crippen LogP contribution in [0.15, 0.2) is 6.20 Å². The van der Waals surface area contributed by atoms with Crippen LogP contribution in [0, 0.1) is 12.8 Å². The Labute approximate surface area is 110 Å². The highest BCUT2D eigenvalue weighted by atomic mass is 32.1. The molecule has 1 atom stereocenters. The van der Waals surface area contributed by atoms with E-state index in [1.807, 2.05) is 6.92 Å². The van der Waals surface area contributed by atoms with Crippen LogP contribution >= 0.6 is 11.3 Å². The van der Waals surface area contributed by atoms with Gasteiger partial charge in [0.15, 0.2) is 0 Å². The number of carboxylic acid groups (broad SMARTS) is 1. The average Bonchev–Trinajstić information content (AvgIpc) is 2.62. The third kappa shape index (κ3) is 4.83. The number of hydrogen-bond acceptors (Lipinski definition) is 4. The lowest BCUT2D eigenvalue weighted by Crippen LogP contribution is -2.27. The quantitative estimate of drug-likeness (QED) is 0.857. The van der Waals surface area contributed by atoms with Gasteiger partial charge in [0.05, 0.1) is 11.6 Å². The first kappa shape index (κ1) is 14.6. The van der Waals surface area contributed by atoms with Crippen LogP contribution in [-0.4, -0.2) is 33.9 Å². The number of carboxylic acids is 1. The van der Waals surface area contributed by atoms with Crippen molar-refractivity contribution in [2.75, 3.05) is 7.05 Å². The summed E-state index contributed by atoms with van der Waals surface area (Å²) in [5, 5.41) is 9.62. The molecule has 18 heavy (non-hydrogen) atoms. The summed E-state index contributed by atoms with van der Waals surface area (Å²) >= 11 is 1.56. The van der Waals surface area contributed by atoms with Gasteiger partial charge in [-0.05, 0) is 12.8 Å². The summed E-state index contributed by atoms with van der Waals surface area (Å²) < 4.78 is 0. The molecule has 1 aromatic heterocycles. The number of carbonyl (C=O) groups is 2. The molecule has 1 unspecified atom stereocenters. The fourth-order valence-corrected chi connectivity index (χ4v) is 2.47. The van der Waals surface area contributed by atoms with E-state index in [0.29, 0.717) is 6.54 Å². The summed E-state index contributed by atoms with van der Waals surface area (Å²) in [6.45, 7) is 4.23. The van der Waals surface area contributed by atoms with Crippen molar-refractivity contribution >= 4 is 23.2 Å². The third-order valence-electron chi connectivity index (χ3n) is 2.53. The summed E-state index contributed by atoms with van der Waals surface area (Å²) in [7, 11) is 1.73.